The van der Waals surface area contributed by atoms with Crippen LogP contribution in [0.1, 0.15) is 22.8 Å². The SMILES string of the molecule is N#Cc1ccc(C(O)Cc2c(Br)cccc2Br)c(F)c1. The first-order chi connectivity index (χ1) is 9.52. The van der Waals surface area contributed by atoms with Crippen molar-refractivity contribution in [3.63, 3.8) is 0 Å². The van der Waals surface area contributed by atoms with Crippen LogP contribution in [0.4, 0.5) is 4.39 Å². The highest BCUT2D eigenvalue weighted by molar-refractivity contribution is 9.11. The molecule has 2 rings (SSSR count). The molecule has 1 N–H and O–H groups in total. The van der Waals surface area contributed by atoms with E-state index in [4.69, 9.17) is 5.26 Å². The molecule has 0 radical (unpaired) electrons. The lowest BCUT2D eigenvalue weighted by Crippen LogP contribution is -2.05. The molecule has 0 aromatic heterocycles. The summed E-state index contributed by atoms with van der Waals surface area (Å²) in [6.45, 7) is 0. The average Bonchev–Trinajstić information content (AvgIpc) is 2.42. The van der Waals surface area contributed by atoms with Crippen LogP contribution in [0.15, 0.2) is 45.3 Å². The van der Waals surface area contributed by atoms with Crippen molar-refractivity contribution in [3.05, 3.63) is 67.9 Å². The number of halogens is 3. The van der Waals surface area contributed by atoms with Gasteiger partial charge in [-0.25, -0.2) is 4.39 Å². The quantitative estimate of drug-likeness (QED) is 0.827. The highest BCUT2D eigenvalue weighted by Crippen LogP contribution is 2.30. The van der Waals surface area contributed by atoms with E-state index < -0.39 is 11.9 Å². The minimum absolute atomic E-state index is 0.187. The van der Waals surface area contributed by atoms with E-state index in [0.717, 1.165) is 20.6 Å². The molecule has 0 amide bonds. The van der Waals surface area contributed by atoms with Crippen molar-refractivity contribution in [1.82, 2.24) is 0 Å². The van der Waals surface area contributed by atoms with Gasteiger partial charge in [0.15, 0.2) is 0 Å². The second-order valence-corrected chi connectivity index (χ2v) is 5.98. The zero-order valence-electron chi connectivity index (χ0n) is 10.3. The van der Waals surface area contributed by atoms with Crippen LogP contribution in [0.5, 0.6) is 0 Å². The van der Waals surface area contributed by atoms with Crippen molar-refractivity contribution in [2.45, 2.75) is 12.5 Å². The van der Waals surface area contributed by atoms with Gasteiger partial charge in [0, 0.05) is 20.9 Å². The molecule has 1 unspecified atom stereocenters. The third-order valence-electron chi connectivity index (χ3n) is 2.95. The Morgan fingerprint density at radius 3 is 2.40 bits per heavy atom. The van der Waals surface area contributed by atoms with Gasteiger partial charge in [0.1, 0.15) is 5.82 Å². The highest BCUT2D eigenvalue weighted by atomic mass is 79.9. The molecule has 2 nitrogen and oxygen atoms in total. The molecule has 102 valence electrons. The van der Waals surface area contributed by atoms with Crippen molar-refractivity contribution < 1.29 is 9.50 Å². The number of nitrogens with zero attached hydrogens (tertiary/aromatic N) is 1. The summed E-state index contributed by atoms with van der Waals surface area (Å²) in [5, 5.41) is 18.9. The normalized spacial score (nSPS) is 11.9. The Morgan fingerprint density at radius 2 is 1.85 bits per heavy atom. The van der Waals surface area contributed by atoms with Crippen LogP contribution in [0.25, 0.3) is 0 Å². The van der Waals surface area contributed by atoms with Crippen molar-refractivity contribution in [1.29, 1.82) is 5.26 Å². The zero-order chi connectivity index (χ0) is 14.7. The molecule has 0 bridgehead atoms. The fraction of sp³-hybridized carbons (Fsp3) is 0.133. The van der Waals surface area contributed by atoms with E-state index in [9.17, 15) is 9.50 Å². The first kappa shape index (κ1) is 15.2. The van der Waals surface area contributed by atoms with Gasteiger partial charge in [-0.05, 0) is 29.8 Å². The topological polar surface area (TPSA) is 44.0 Å². The molecule has 5 heteroatoms. The first-order valence-corrected chi connectivity index (χ1v) is 7.42. The van der Waals surface area contributed by atoms with Gasteiger partial charge in [-0.1, -0.05) is 44.0 Å². The Balaban J connectivity index is 2.29. The predicted molar refractivity (Wildman–Crippen MR) is 81.6 cm³/mol. The molecular weight excluding hydrogens is 389 g/mol. The summed E-state index contributed by atoms with van der Waals surface area (Å²) in [5.41, 5.74) is 1.29. The molecule has 0 heterocycles. The lowest BCUT2D eigenvalue weighted by atomic mass is 10.00. The summed E-state index contributed by atoms with van der Waals surface area (Å²) in [5.74, 6) is -0.570. The Hall–Kier alpha value is -1.22. The van der Waals surface area contributed by atoms with E-state index in [1.165, 1.54) is 12.1 Å². The van der Waals surface area contributed by atoms with Crippen LogP contribution in [0, 0.1) is 17.1 Å². The second kappa shape index (κ2) is 6.49. The maximum absolute atomic E-state index is 13.9. The maximum Gasteiger partial charge on any atom is 0.130 e. The van der Waals surface area contributed by atoms with Crippen molar-refractivity contribution in [2.24, 2.45) is 0 Å². The minimum Gasteiger partial charge on any atom is -0.388 e. The van der Waals surface area contributed by atoms with E-state index >= 15 is 0 Å². The Kier molecular flexibility index (Phi) is 4.92. The van der Waals surface area contributed by atoms with Gasteiger partial charge < -0.3 is 5.11 Å². The van der Waals surface area contributed by atoms with E-state index in [-0.39, 0.29) is 17.5 Å². The van der Waals surface area contributed by atoms with Crippen LogP contribution >= 0.6 is 31.9 Å². The van der Waals surface area contributed by atoms with Crippen molar-refractivity contribution in [3.8, 4) is 6.07 Å². The largest absolute Gasteiger partial charge is 0.388 e. The van der Waals surface area contributed by atoms with Crippen molar-refractivity contribution in [2.75, 3.05) is 0 Å². The predicted octanol–water partition coefficient (Wildman–Crippen LogP) is 4.50. The van der Waals surface area contributed by atoms with Gasteiger partial charge in [0.2, 0.25) is 0 Å². The number of hydrogen-bond acceptors (Lipinski definition) is 2. The summed E-state index contributed by atoms with van der Waals surface area (Å²) >= 11 is 6.82. The Bertz CT molecular complexity index is 662. The molecule has 0 aliphatic heterocycles. The summed E-state index contributed by atoms with van der Waals surface area (Å²) in [6, 6.07) is 11.5. The molecular formula is C15H10Br2FNO. The fourth-order valence-electron chi connectivity index (χ4n) is 1.90. The van der Waals surface area contributed by atoms with Gasteiger partial charge in [0.25, 0.3) is 0 Å². The van der Waals surface area contributed by atoms with E-state index in [1.807, 2.05) is 24.3 Å². The van der Waals surface area contributed by atoms with Gasteiger partial charge in [-0.15, -0.1) is 0 Å². The van der Waals surface area contributed by atoms with E-state index in [0.29, 0.717) is 0 Å². The maximum atomic E-state index is 13.9. The zero-order valence-corrected chi connectivity index (χ0v) is 13.4. The fourth-order valence-corrected chi connectivity index (χ4v) is 3.22. The summed E-state index contributed by atoms with van der Waals surface area (Å²) in [7, 11) is 0. The first-order valence-electron chi connectivity index (χ1n) is 5.83. The van der Waals surface area contributed by atoms with Crippen LogP contribution in [0.2, 0.25) is 0 Å². The minimum atomic E-state index is -0.974. The Labute approximate surface area is 133 Å². The third kappa shape index (κ3) is 3.26. The number of hydrogen-bond donors (Lipinski definition) is 1. The highest BCUT2D eigenvalue weighted by Gasteiger charge is 2.16. The molecule has 2 aromatic carbocycles. The molecule has 0 spiro atoms. The lowest BCUT2D eigenvalue weighted by molar-refractivity contribution is 0.173. The number of rotatable bonds is 3. The van der Waals surface area contributed by atoms with Crippen molar-refractivity contribution >= 4 is 31.9 Å². The summed E-state index contributed by atoms with van der Waals surface area (Å²) in [4.78, 5) is 0. The second-order valence-electron chi connectivity index (χ2n) is 4.27. The number of aliphatic hydroxyl groups is 1. The smallest absolute Gasteiger partial charge is 0.130 e. The molecule has 1 atom stereocenters. The number of aliphatic hydroxyl groups excluding tert-OH is 1. The third-order valence-corrected chi connectivity index (χ3v) is 4.43. The average molecular weight is 399 g/mol. The molecule has 0 aliphatic carbocycles. The van der Waals surface area contributed by atoms with Gasteiger partial charge in [-0.2, -0.15) is 5.26 Å². The number of nitriles is 1. The van der Waals surface area contributed by atoms with Crippen LogP contribution in [-0.2, 0) is 6.42 Å². The van der Waals surface area contributed by atoms with E-state index in [2.05, 4.69) is 31.9 Å². The molecule has 0 saturated heterocycles. The monoisotopic (exact) mass is 397 g/mol. The van der Waals surface area contributed by atoms with Gasteiger partial charge >= 0.3 is 0 Å². The van der Waals surface area contributed by atoms with Gasteiger partial charge in [0.05, 0.1) is 17.7 Å². The molecule has 0 aliphatic rings. The van der Waals surface area contributed by atoms with Gasteiger partial charge in [-0.3, -0.25) is 0 Å². The standard InChI is InChI=1S/C15H10Br2FNO/c16-12-2-1-3-13(17)11(12)7-15(20)10-5-4-9(8-19)6-14(10)18/h1-6,15,20H,7H2. The Morgan fingerprint density at radius 1 is 1.20 bits per heavy atom. The number of benzene rings is 2. The lowest BCUT2D eigenvalue weighted by Gasteiger charge is -2.14. The molecule has 0 fully saturated rings. The molecule has 0 saturated carbocycles. The van der Waals surface area contributed by atoms with Crippen LogP contribution < -0.4 is 0 Å². The molecule has 2 aromatic rings. The molecule has 20 heavy (non-hydrogen) atoms. The van der Waals surface area contributed by atoms with Crippen LogP contribution in [-0.4, -0.2) is 5.11 Å². The van der Waals surface area contributed by atoms with Crippen LogP contribution in [0.3, 0.4) is 0 Å². The summed E-state index contributed by atoms with van der Waals surface area (Å²) < 4.78 is 15.6. The van der Waals surface area contributed by atoms with E-state index in [1.54, 1.807) is 0 Å². The summed E-state index contributed by atoms with van der Waals surface area (Å²) in [6.07, 6.45) is -0.706.